The first-order valence-corrected chi connectivity index (χ1v) is 44.5. The number of rotatable bonds is 13. The lowest BCUT2D eigenvalue weighted by Gasteiger charge is -2.21. The molecule has 18 rings (SSSR count). The Morgan fingerprint density at radius 1 is 0.125 bits per heavy atom. The third kappa shape index (κ3) is 24.2. The SMILES string of the molecule is CC(C)(C)c1cc(-c2ccccc2)cc(-c2ccccc2)n1.CC(C)(C)c1cc(-c2ccccc2)nc(-c2ccccc2)c1.CC(C)(C)c1ccc(-c2cc(-c3ccccc3)nc(-c3ccccc3)c2)cc1.CC(C)(C)c1cccc(-c2cc(-c3ccccc3)nc(-c3ccccc3)c2)c1.CC(C)(C)c1cccc(-c2cc(-c3ccccc3)nc(-c3ccccc3)n2)c1. The van der Waals surface area contributed by atoms with Gasteiger partial charge in [-0.1, -0.05) is 474 Å². The molecule has 6 nitrogen and oxygen atoms in total. The fourth-order valence-electron chi connectivity index (χ4n) is 14.9. The van der Waals surface area contributed by atoms with Gasteiger partial charge in [-0.05, 0) is 138 Å². The van der Waals surface area contributed by atoms with E-state index in [1.807, 2.05) is 84.9 Å². The monoisotopic (exact) mass is 1660 g/mol. The topological polar surface area (TPSA) is 77.3 Å². The van der Waals surface area contributed by atoms with Crippen LogP contribution in [-0.2, 0) is 27.1 Å². The highest BCUT2D eigenvalue weighted by atomic mass is 14.9. The minimum Gasteiger partial charge on any atom is -0.252 e. The lowest BCUT2D eigenvalue weighted by Crippen LogP contribution is -2.14. The van der Waals surface area contributed by atoms with Gasteiger partial charge in [0.1, 0.15) is 0 Å². The maximum absolute atomic E-state index is 4.97. The van der Waals surface area contributed by atoms with Gasteiger partial charge >= 0.3 is 0 Å². The number of pyridine rings is 4. The maximum Gasteiger partial charge on any atom is 0.160 e. The Kier molecular flexibility index (Phi) is 28.5. The summed E-state index contributed by atoms with van der Waals surface area (Å²) in [4.78, 5) is 29.5. The first kappa shape index (κ1) is 89.8. The van der Waals surface area contributed by atoms with E-state index >= 15 is 0 Å². The molecule has 5 aromatic heterocycles. The van der Waals surface area contributed by atoms with Crippen LogP contribution in [0.5, 0.6) is 0 Å². The van der Waals surface area contributed by atoms with Crippen molar-refractivity contribution in [3.8, 4) is 146 Å². The van der Waals surface area contributed by atoms with E-state index < -0.39 is 0 Å². The van der Waals surface area contributed by atoms with Crippen LogP contribution in [0.15, 0.2) is 431 Å². The molecule has 0 saturated heterocycles. The van der Waals surface area contributed by atoms with Crippen LogP contribution >= 0.6 is 0 Å². The van der Waals surface area contributed by atoms with Crippen LogP contribution in [0.3, 0.4) is 0 Å². The van der Waals surface area contributed by atoms with Gasteiger partial charge in [0.15, 0.2) is 5.82 Å². The second-order valence-electron chi connectivity index (χ2n) is 37.6. The van der Waals surface area contributed by atoms with Crippen molar-refractivity contribution in [3.63, 3.8) is 0 Å². The van der Waals surface area contributed by atoms with E-state index in [0.29, 0.717) is 0 Å². The molecule has 0 N–H and O–H groups in total. The van der Waals surface area contributed by atoms with Crippen LogP contribution in [-0.4, -0.2) is 29.9 Å². The second-order valence-corrected chi connectivity index (χ2v) is 37.6. The van der Waals surface area contributed by atoms with Crippen LogP contribution in [0.1, 0.15) is 132 Å². The highest BCUT2D eigenvalue weighted by molar-refractivity contribution is 5.80. The standard InChI is InChI=1S/2C27H25N.C26H24N2.2C21H21N/c1-27(2,3)24-16-10-15-22(17-24)23-18-25(20-11-6-4-7-12-20)28-26(19-23)21-13-8-5-9-14-21;1-27(2,3)24-16-14-20(15-17-24)23-18-25(21-10-6-4-7-11-21)28-26(19-23)22-12-8-5-9-13-22;1-26(2,3)22-16-10-15-21(17-22)24-18-23(19-11-6-4-7-12-19)27-25(28-24)20-13-8-5-9-14-20;1-21(2,3)18-14-19(16-10-6-4-7-11-16)22-20(15-18)17-12-8-5-9-13-17;1-21(2,3)20-15-18(16-10-6-4-7-11-16)14-19(22-20)17-12-8-5-9-13-17/h2*4-19H,1-3H3;4-18H,1-3H3;2*4-15H,1-3H3. The minimum absolute atomic E-state index is 0.0221. The largest absolute Gasteiger partial charge is 0.252 e. The average molecular weight is 1670 g/mol. The summed E-state index contributed by atoms with van der Waals surface area (Å²) >= 11 is 0. The third-order valence-corrected chi connectivity index (χ3v) is 22.5. The first-order chi connectivity index (χ1) is 61.6. The van der Waals surface area contributed by atoms with Gasteiger partial charge in [0.05, 0.1) is 51.2 Å². The zero-order valence-electron chi connectivity index (χ0n) is 76.7. The fourth-order valence-corrected chi connectivity index (χ4v) is 14.9. The molecule has 5 heterocycles. The van der Waals surface area contributed by atoms with Crippen LogP contribution in [0, 0.1) is 0 Å². The predicted molar refractivity (Wildman–Crippen MR) is 543 cm³/mol. The molecule has 0 bridgehead atoms. The third-order valence-electron chi connectivity index (χ3n) is 22.5. The summed E-state index contributed by atoms with van der Waals surface area (Å²) in [6.07, 6.45) is 0. The molecule has 0 fully saturated rings. The van der Waals surface area contributed by atoms with Crippen molar-refractivity contribution in [2.75, 3.05) is 0 Å². The van der Waals surface area contributed by atoms with Crippen LogP contribution in [0.25, 0.3) is 146 Å². The van der Waals surface area contributed by atoms with Gasteiger partial charge in [-0.25, -0.2) is 24.9 Å². The van der Waals surface area contributed by atoms with Gasteiger partial charge in [0.2, 0.25) is 0 Å². The Bertz CT molecular complexity index is 5990. The quantitative estimate of drug-likeness (QED) is 0.114. The molecule has 0 spiro atoms. The fraction of sp³-hybridized carbons (Fsp3) is 0.164. The molecule has 0 atom stereocenters. The number of aromatic nitrogens is 6. The highest BCUT2D eigenvalue weighted by Crippen LogP contribution is 2.39. The van der Waals surface area contributed by atoms with E-state index in [-0.39, 0.29) is 27.1 Å². The van der Waals surface area contributed by atoms with Crippen molar-refractivity contribution in [2.45, 2.75) is 131 Å². The van der Waals surface area contributed by atoms with E-state index in [2.05, 4.69) is 450 Å². The molecule has 0 saturated carbocycles. The van der Waals surface area contributed by atoms with Crippen LogP contribution < -0.4 is 0 Å². The van der Waals surface area contributed by atoms with Crippen molar-refractivity contribution < 1.29 is 0 Å². The summed E-state index contributed by atoms with van der Waals surface area (Å²) in [6, 6.07) is 150. The van der Waals surface area contributed by atoms with Gasteiger partial charge in [0, 0.05) is 66.7 Å². The van der Waals surface area contributed by atoms with Crippen molar-refractivity contribution in [1.29, 1.82) is 0 Å². The summed E-state index contributed by atoms with van der Waals surface area (Å²) in [7, 11) is 0. The molecule has 0 radical (unpaired) electrons. The van der Waals surface area contributed by atoms with Crippen LogP contribution in [0.4, 0.5) is 0 Å². The number of hydrogen-bond acceptors (Lipinski definition) is 6. The first-order valence-electron chi connectivity index (χ1n) is 44.5. The molecule has 0 aliphatic carbocycles. The van der Waals surface area contributed by atoms with E-state index in [4.69, 9.17) is 29.9 Å². The summed E-state index contributed by atoms with van der Waals surface area (Å²) in [5.41, 5.74) is 34.4. The number of nitrogens with zero attached hydrogens (tertiary/aromatic N) is 6. The molecule has 0 amide bonds. The molecule has 128 heavy (non-hydrogen) atoms. The van der Waals surface area contributed by atoms with Crippen molar-refractivity contribution >= 4 is 0 Å². The zero-order valence-corrected chi connectivity index (χ0v) is 76.7. The molecule has 0 aliphatic heterocycles. The Balaban J connectivity index is 0.000000130. The van der Waals surface area contributed by atoms with E-state index in [0.717, 1.165) is 118 Å². The lowest BCUT2D eigenvalue weighted by molar-refractivity contribution is 0.570. The smallest absolute Gasteiger partial charge is 0.160 e. The molecular weight excluding hydrogens is 1550 g/mol. The number of benzene rings is 13. The second kappa shape index (κ2) is 40.7. The summed E-state index contributed by atoms with van der Waals surface area (Å²) < 4.78 is 0. The Morgan fingerprint density at radius 2 is 0.352 bits per heavy atom. The molecule has 6 heteroatoms. The molecule has 13 aromatic carbocycles. The molecule has 634 valence electrons. The van der Waals surface area contributed by atoms with Gasteiger partial charge in [-0.3, -0.25) is 4.98 Å². The van der Waals surface area contributed by atoms with E-state index in [1.54, 1.807) is 0 Å². The van der Waals surface area contributed by atoms with Gasteiger partial charge in [-0.15, -0.1) is 0 Å². The van der Waals surface area contributed by atoms with Crippen LogP contribution in [0.2, 0.25) is 0 Å². The summed E-state index contributed by atoms with van der Waals surface area (Å²) in [5, 5.41) is 0. The molecular formula is C122H116N6. The molecule has 18 aromatic rings. The van der Waals surface area contributed by atoms with Crippen molar-refractivity contribution in [1.82, 2.24) is 29.9 Å². The summed E-state index contributed by atoms with van der Waals surface area (Å²) in [6.45, 7) is 33.5. The maximum atomic E-state index is 4.97. The van der Waals surface area contributed by atoms with Gasteiger partial charge < -0.3 is 0 Å². The zero-order chi connectivity index (χ0) is 89.8. The molecule has 0 unspecified atom stereocenters. The Morgan fingerprint density at radius 3 is 0.656 bits per heavy atom. The lowest BCUT2D eigenvalue weighted by atomic mass is 9.85. The number of hydrogen-bond donors (Lipinski definition) is 0. The van der Waals surface area contributed by atoms with E-state index in [9.17, 15) is 0 Å². The highest BCUT2D eigenvalue weighted by Gasteiger charge is 2.23. The summed E-state index contributed by atoms with van der Waals surface area (Å²) in [5.74, 6) is 0.748. The predicted octanol–water partition coefficient (Wildman–Crippen LogP) is 33.0. The molecule has 0 aliphatic rings. The van der Waals surface area contributed by atoms with Crippen molar-refractivity contribution in [3.05, 3.63) is 459 Å². The van der Waals surface area contributed by atoms with E-state index in [1.165, 1.54) is 55.6 Å². The Labute approximate surface area is 760 Å². The average Bonchev–Trinajstić information content (AvgIpc) is 0.818. The van der Waals surface area contributed by atoms with Gasteiger partial charge in [-0.2, -0.15) is 0 Å². The normalized spacial score (nSPS) is 11.4. The van der Waals surface area contributed by atoms with Crippen molar-refractivity contribution in [2.24, 2.45) is 0 Å². The minimum atomic E-state index is 0.0221. The Hall–Kier alpha value is -14.5. The van der Waals surface area contributed by atoms with Gasteiger partial charge in [0.25, 0.3) is 0 Å².